The summed E-state index contributed by atoms with van der Waals surface area (Å²) in [6, 6.07) is 8.08. The maximum atomic E-state index is 10.2. The number of hydrogen-bond donors (Lipinski definition) is 1. The third kappa shape index (κ3) is 3.06. The third-order valence-corrected chi connectivity index (χ3v) is 3.30. The van der Waals surface area contributed by atoms with Gasteiger partial charge in [-0.05, 0) is 43.9 Å². The summed E-state index contributed by atoms with van der Waals surface area (Å²) in [5.41, 5.74) is 2.24. The number of benzene rings is 1. The number of rotatable bonds is 5. The predicted octanol–water partition coefficient (Wildman–Crippen LogP) is 2.37. The molecule has 1 fully saturated rings. The van der Waals surface area contributed by atoms with Crippen molar-refractivity contribution in [3.63, 3.8) is 0 Å². The van der Waals surface area contributed by atoms with E-state index in [1.54, 1.807) is 0 Å². The molecule has 0 radical (unpaired) electrons. The van der Waals surface area contributed by atoms with E-state index in [4.69, 9.17) is 0 Å². The first-order chi connectivity index (χ1) is 7.66. The molecule has 1 aromatic carbocycles. The average molecular weight is 219 g/mol. The Labute approximate surface area is 97.9 Å². The minimum atomic E-state index is -0.357. The molecule has 2 rings (SSSR count). The van der Waals surface area contributed by atoms with E-state index in [0.717, 1.165) is 24.6 Å². The van der Waals surface area contributed by atoms with Crippen LogP contribution < -0.4 is 0 Å². The minimum absolute atomic E-state index is 0.357. The summed E-state index contributed by atoms with van der Waals surface area (Å²) in [4.78, 5) is 2.24. The molecule has 0 amide bonds. The minimum Gasteiger partial charge on any atom is -0.387 e. The topological polar surface area (TPSA) is 23.5 Å². The molecule has 1 aliphatic rings. The second-order valence-electron chi connectivity index (χ2n) is 5.04. The van der Waals surface area contributed by atoms with Gasteiger partial charge in [0.2, 0.25) is 0 Å². The molecule has 0 spiro atoms. The van der Waals surface area contributed by atoms with Crippen molar-refractivity contribution in [2.24, 2.45) is 5.92 Å². The molecule has 0 bridgehead atoms. The normalized spacial score (nSPS) is 17.8. The molecule has 2 nitrogen and oxygen atoms in total. The Balaban J connectivity index is 1.91. The molecule has 2 heteroatoms. The maximum Gasteiger partial charge on any atom is 0.0919 e. The van der Waals surface area contributed by atoms with Crippen molar-refractivity contribution in [3.8, 4) is 0 Å². The van der Waals surface area contributed by atoms with Gasteiger partial charge in [0.1, 0.15) is 0 Å². The van der Waals surface area contributed by atoms with Gasteiger partial charge in [0, 0.05) is 13.1 Å². The smallest absolute Gasteiger partial charge is 0.0919 e. The van der Waals surface area contributed by atoms with Crippen molar-refractivity contribution in [1.29, 1.82) is 0 Å². The maximum absolute atomic E-state index is 10.2. The van der Waals surface area contributed by atoms with Gasteiger partial charge in [0.15, 0.2) is 0 Å². The highest BCUT2D eigenvalue weighted by molar-refractivity contribution is 5.27. The van der Waals surface area contributed by atoms with E-state index in [0.29, 0.717) is 0 Å². The van der Waals surface area contributed by atoms with Crippen molar-refractivity contribution < 1.29 is 5.11 Å². The highest BCUT2D eigenvalue weighted by Crippen LogP contribution is 2.29. The molecule has 88 valence electrons. The van der Waals surface area contributed by atoms with Gasteiger partial charge < -0.3 is 10.0 Å². The third-order valence-electron chi connectivity index (χ3n) is 3.30. The van der Waals surface area contributed by atoms with E-state index in [1.165, 1.54) is 18.4 Å². The standard InChI is InChI=1S/C14H21NO/c1-11-5-3-4-6-13(11)14(16)10-15(2)9-12-7-8-12/h3-6,12,14,16H,7-10H2,1-2H3. The largest absolute Gasteiger partial charge is 0.387 e. The summed E-state index contributed by atoms with van der Waals surface area (Å²) in [5, 5.41) is 10.2. The number of likely N-dealkylation sites (N-methyl/N-ethyl adjacent to an activating group) is 1. The molecule has 0 aliphatic heterocycles. The fraction of sp³-hybridized carbons (Fsp3) is 0.571. The summed E-state index contributed by atoms with van der Waals surface area (Å²) in [7, 11) is 2.10. The van der Waals surface area contributed by atoms with Gasteiger partial charge >= 0.3 is 0 Å². The fourth-order valence-electron chi connectivity index (χ4n) is 2.17. The van der Waals surface area contributed by atoms with Crippen molar-refractivity contribution in [3.05, 3.63) is 35.4 Å². The zero-order valence-electron chi connectivity index (χ0n) is 10.2. The summed E-state index contributed by atoms with van der Waals surface area (Å²) in [6.45, 7) is 3.92. The van der Waals surface area contributed by atoms with Crippen LogP contribution in [0.15, 0.2) is 24.3 Å². The van der Waals surface area contributed by atoms with Crippen LogP contribution in [0.25, 0.3) is 0 Å². The van der Waals surface area contributed by atoms with E-state index >= 15 is 0 Å². The van der Waals surface area contributed by atoms with Crippen LogP contribution in [0.2, 0.25) is 0 Å². The summed E-state index contributed by atoms with van der Waals surface area (Å²) >= 11 is 0. The van der Waals surface area contributed by atoms with Gasteiger partial charge in [0.05, 0.1) is 6.10 Å². The van der Waals surface area contributed by atoms with Crippen LogP contribution in [0.5, 0.6) is 0 Å². The first-order valence-corrected chi connectivity index (χ1v) is 6.09. The summed E-state index contributed by atoms with van der Waals surface area (Å²) in [5.74, 6) is 0.883. The lowest BCUT2D eigenvalue weighted by Crippen LogP contribution is -2.26. The number of aliphatic hydroxyl groups excluding tert-OH is 1. The number of hydrogen-bond acceptors (Lipinski definition) is 2. The summed E-state index contributed by atoms with van der Waals surface area (Å²) < 4.78 is 0. The Morgan fingerprint density at radius 1 is 1.38 bits per heavy atom. The quantitative estimate of drug-likeness (QED) is 0.822. The van der Waals surface area contributed by atoms with Gasteiger partial charge in [0.25, 0.3) is 0 Å². The van der Waals surface area contributed by atoms with E-state index in [-0.39, 0.29) is 6.10 Å². The van der Waals surface area contributed by atoms with Crippen LogP contribution in [0.4, 0.5) is 0 Å². The van der Waals surface area contributed by atoms with Crippen molar-refractivity contribution in [2.45, 2.75) is 25.9 Å². The molecule has 1 unspecified atom stereocenters. The van der Waals surface area contributed by atoms with Crippen LogP contribution in [0.3, 0.4) is 0 Å². The van der Waals surface area contributed by atoms with Gasteiger partial charge in [-0.1, -0.05) is 24.3 Å². The van der Waals surface area contributed by atoms with Crippen molar-refractivity contribution in [1.82, 2.24) is 4.90 Å². The van der Waals surface area contributed by atoms with Crippen LogP contribution in [0.1, 0.15) is 30.1 Å². The zero-order chi connectivity index (χ0) is 11.5. The Morgan fingerprint density at radius 2 is 2.06 bits per heavy atom. The molecule has 0 aromatic heterocycles. The number of nitrogens with zero attached hydrogens (tertiary/aromatic N) is 1. The molecule has 0 saturated heterocycles. The molecular formula is C14H21NO. The Bertz CT molecular complexity index is 346. The Hall–Kier alpha value is -0.860. The highest BCUT2D eigenvalue weighted by Gasteiger charge is 2.23. The van der Waals surface area contributed by atoms with Crippen LogP contribution in [0, 0.1) is 12.8 Å². The first kappa shape index (κ1) is 11.6. The van der Waals surface area contributed by atoms with Crippen molar-refractivity contribution in [2.75, 3.05) is 20.1 Å². The predicted molar refractivity (Wildman–Crippen MR) is 66.4 cm³/mol. The van der Waals surface area contributed by atoms with E-state index in [2.05, 4.69) is 24.9 Å². The second-order valence-corrected chi connectivity index (χ2v) is 5.04. The van der Waals surface area contributed by atoms with Gasteiger partial charge in [-0.15, -0.1) is 0 Å². The van der Waals surface area contributed by atoms with Crippen LogP contribution >= 0.6 is 0 Å². The van der Waals surface area contributed by atoms with Crippen LogP contribution in [-0.4, -0.2) is 30.1 Å². The van der Waals surface area contributed by atoms with Gasteiger partial charge in [-0.25, -0.2) is 0 Å². The lowest BCUT2D eigenvalue weighted by molar-refractivity contribution is 0.124. The van der Waals surface area contributed by atoms with E-state index < -0.39 is 0 Å². The molecule has 16 heavy (non-hydrogen) atoms. The van der Waals surface area contributed by atoms with E-state index in [1.807, 2.05) is 18.2 Å². The average Bonchev–Trinajstić information content (AvgIpc) is 3.01. The number of aliphatic hydroxyl groups is 1. The molecule has 0 heterocycles. The van der Waals surface area contributed by atoms with Gasteiger partial charge in [-0.2, -0.15) is 0 Å². The summed E-state index contributed by atoms with van der Waals surface area (Å²) in [6.07, 6.45) is 2.38. The number of aryl methyl sites for hydroxylation is 1. The van der Waals surface area contributed by atoms with E-state index in [9.17, 15) is 5.11 Å². The molecule has 1 aromatic rings. The Morgan fingerprint density at radius 3 is 2.69 bits per heavy atom. The molecule has 1 atom stereocenters. The monoisotopic (exact) mass is 219 g/mol. The zero-order valence-corrected chi connectivity index (χ0v) is 10.2. The Kier molecular flexibility index (Phi) is 3.62. The molecular weight excluding hydrogens is 198 g/mol. The lowest BCUT2D eigenvalue weighted by atomic mass is 10.0. The first-order valence-electron chi connectivity index (χ1n) is 6.09. The fourth-order valence-corrected chi connectivity index (χ4v) is 2.17. The van der Waals surface area contributed by atoms with Gasteiger partial charge in [-0.3, -0.25) is 0 Å². The lowest BCUT2D eigenvalue weighted by Gasteiger charge is -2.21. The van der Waals surface area contributed by atoms with Crippen molar-refractivity contribution >= 4 is 0 Å². The SMILES string of the molecule is Cc1ccccc1C(O)CN(C)CC1CC1. The van der Waals surface area contributed by atoms with Crippen LogP contribution in [-0.2, 0) is 0 Å². The second kappa shape index (κ2) is 4.98. The molecule has 1 saturated carbocycles. The molecule has 1 aliphatic carbocycles. The highest BCUT2D eigenvalue weighted by atomic mass is 16.3. The molecule has 1 N–H and O–H groups in total.